The predicted octanol–water partition coefficient (Wildman–Crippen LogP) is 1.67. The van der Waals surface area contributed by atoms with Crippen LogP contribution in [0.5, 0.6) is 17.2 Å². The Hall–Kier alpha value is -2.63. The van der Waals surface area contributed by atoms with Crippen LogP contribution in [0.4, 0.5) is 0 Å². The Morgan fingerprint density at radius 2 is 2.15 bits per heavy atom. The van der Waals surface area contributed by atoms with Gasteiger partial charge in [0.25, 0.3) is 5.91 Å². The van der Waals surface area contributed by atoms with Gasteiger partial charge in [0.1, 0.15) is 22.8 Å². The second kappa shape index (κ2) is 6.01. The molecule has 6 nitrogen and oxygen atoms in total. The van der Waals surface area contributed by atoms with Crippen LogP contribution in [-0.4, -0.2) is 30.2 Å². The van der Waals surface area contributed by atoms with E-state index >= 15 is 0 Å². The summed E-state index contributed by atoms with van der Waals surface area (Å²) in [6.07, 6.45) is 1.77. The fourth-order valence-electron chi connectivity index (χ4n) is 1.82. The molecule has 0 atom stereocenters. The molecule has 20 heavy (non-hydrogen) atoms. The lowest BCUT2D eigenvalue weighted by molar-refractivity contribution is 0.0944. The summed E-state index contributed by atoms with van der Waals surface area (Å²) in [5, 5.41) is 12.6. The van der Waals surface area contributed by atoms with E-state index in [0.717, 1.165) is 5.69 Å². The van der Waals surface area contributed by atoms with Gasteiger partial charge in [0.15, 0.2) is 0 Å². The number of aromatic amines is 1. The highest BCUT2D eigenvalue weighted by atomic mass is 16.5. The minimum atomic E-state index is -0.420. The van der Waals surface area contributed by atoms with Crippen molar-refractivity contribution >= 4 is 5.91 Å². The van der Waals surface area contributed by atoms with Gasteiger partial charge in [0.2, 0.25) is 0 Å². The number of ether oxygens (including phenoxy) is 2. The van der Waals surface area contributed by atoms with Crippen molar-refractivity contribution in [1.29, 1.82) is 0 Å². The lowest BCUT2D eigenvalue weighted by atomic mass is 10.1. The molecule has 0 spiro atoms. The number of phenolic OH excluding ortho intramolecular Hbond substituents is 1. The number of phenols is 1. The molecular weight excluding hydrogens is 260 g/mol. The number of rotatable bonds is 5. The Morgan fingerprint density at radius 3 is 2.75 bits per heavy atom. The van der Waals surface area contributed by atoms with Crippen molar-refractivity contribution in [3.05, 3.63) is 41.7 Å². The Labute approximate surface area is 116 Å². The summed E-state index contributed by atoms with van der Waals surface area (Å²) in [5.74, 6) is 0.0629. The standard InChI is InChI=1S/C14H16N2O4/c1-19-10-6-11(17)13(12(7-10)20-2)14(18)16-8-9-4-3-5-15-9/h3-7,15,17H,8H2,1-2H3,(H,16,18). The van der Waals surface area contributed by atoms with E-state index < -0.39 is 5.91 Å². The Morgan fingerprint density at radius 1 is 1.35 bits per heavy atom. The summed E-state index contributed by atoms with van der Waals surface area (Å²) >= 11 is 0. The van der Waals surface area contributed by atoms with Crippen molar-refractivity contribution < 1.29 is 19.4 Å². The average Bonchev–Trinajstić information content (AvgIpc) is 2.97. The van der Waals surface area contributed by atoms with E-state index in [0.29, 0.717) is 12.3 Å². The number of hydrogen-bond donors (Lipinski definition) is 3. The number of aromatic hydroxyl groups is 1. The molecule has 0 saturated heterocycles. The quantitative estimate of drug-likeness (QED) is 0.775. The Bertz CT molecular complexity index is 593. The molecule has 106 valence electrons. The Balaban J connectivity index is 2.20. The predicted molar refractivity (Wildman–Crippen MR) is 73.2 cm³/mol. The van der Waals surface area contributed by atoms with E-state index in [2.05, 4.69) is 10.3 Å². The first-order chi connectivity index (χ1) is 9.65. The van der Waals surface area contributed by atoms with E-state index in [1.54, 1.807) is 12.3 Å². The van der Waals surface area contributed by atoms with Crippen LogP contribution in [0.15, 0.2) is 30.5 Å². The van der Waals surface area contributed by atoms with E-state index in [4.69, 9.17) is 9.47 Å². The topological polar surface area (TPSA) is 83.6 Å². The molecule has 0 aliphatic rings. The molecule has 0 radical (unpaired) electrons. The summed E-state index contributed by atoms with van der Waals surface area (Å²) in [6.45, 7) is 0.334. The normalized spacial score (nSPS) is 10.1. The molecule has 1 aromatic carbocycles. The van der Waals surface area contributed by atoms with Crippen LogP contribution >= 0.6 is 0 Å². The molecule has 0 fully saturated rings. The van der Waals surface area contributed by atoms with Crippen molar-refractivity contribution in [2.75, 3.05) is 14.2 Å². The first-order valence-electron chi connectivity index (χ1n) is 6.01. The van der Waals surface area contributed by atoms with Crippen LogP contribution in [0.3, 0.4) is 0 Å². The third-order valence-electron chi connectivity index (χ3n) is 2.84. The second-order valence-electron chi connectivity index (χ2n) is 4.10. The van der Waals surface area contributed by atoms with E-state index in [1.165, 1.54) is 20.3 Å². The zero-order valence-electron chi connectivity index (χ0n) is 11.3. The second-order valence-corrected chi connectivity index (χ2v) is 4.10. The summed E-state index contributed by atoms with van der Waals surface area (Å²) in [7, 11) is 2.90. The smallest absolute Gasteiger partial charge is 0.259 e. The van der Waals surface area contributed by atoms with E-state index in [1.807, 2.05) is 12.1 Å². The fourth-order valence-corrected chi connectivity index (χ4v) is 1.82. The number of hydrogen-bond acceptors (Lipinski definition) is 4. The number of aromatic nitrogens is 1. The summed E-state index contributed by atoms with van der Waals surface area (Å²) in [6, 6.07) is 6.60. The van der Waals surface area contributed by atoms with Gasteiger partial charge in [-0.2, -0.15) is 0 Å². The highest BCUT2D eigenvalue weighted by molar-refractivity contribution is 5.99. The van der Waals surface area contributed by atoms with Gasteiger partial charge in [-0.15, -0.1) is 0 Å². The highest BCUT2D eigenvalue weighted by Crippen LogP contribution is 2.33. The van der Waals surface area contributed by atoms with Crippen LogP contribution in [0.1, 0.15) is 16.1 Å². The van der Waals surface area contributed by atoms with Gasteiger partial charge < -0.3 is 24.9 Å². The number of methoxy groups -OCH3 is 2. The highest BCUT2D eigenvalue weighted by Gasteiger charge is 2.19. The van der Waals surface area contributed by atoms with Crippen LogP contribution in [0.2, 0.25) is 0 Å². The number of amides is 1. The monoisotopic (exact) mass is 276 g/mol. The SMILES string of the molecule is COc1cc(O)c(C(=O)NCc2ccc[nH]2)c(OC)c1. The molecule has 0 aliphatic heterocycles. The molecule has 1 heterocycles. The molecule has 0 aliphatic carbocycles. The van der Waals surface area contributed by atoms with Gasteiger partial charge in [-0.3, -0.25) is 4.79 Å². The molecule has 6 heteroatoms. The van der Waals surface area contributed by atoms with Crippen LogP contribution in [-0.2, 0) is 6.54 Å². The molecule has 0 saturated carbocycles. The van der Waals surface area contributed by atoms with Crippen LogP contribution in [0, 0.1) is 0 Å². The number of carbonyl (C=O) groups is 1. The third-order valence-corrected chi connectivity index (χ3v) is 2.84. The summed E-state index contributed by atoms with van der Waals surface area (Å²) in [5.41, 5.74) is 0.949. The van der Waals surface area contributed by atoms with Gasteiger partial charge in [-0.1, -0.05) is 0 Å². The fraction of sp³-hybridized carbons (Fsp3) is 0.214. The minimum Gasteiger partial charge on any atom is -0.507 e. The largest absolute Gasteiger partial charge is 0.507 e. The third kappa shape index (κ3) is 2.85. The number of nitrogens with one attached hydrogen (secondary N) is 2. The maximum atomic E-state index is 12.1. The van der Waals surface area contributed by atoms with Crippen LogP contribution in [0.25, 0.3) is 0 Å². The lowest BCUT2D eigenvalue weighted by Gasteiger charge is -2.12. The maximum absolute atomic E-state index is 12.1. The maximum Gasteiger partial charge on any atom is 0.259 e. The zero-order valence-corrected chi connectivity index (χ0v) is 11.3. The minimum absolute atomic E-state index is 0.0832. The first-order valence-corrected chi connectivity index (χ1v) is 6.01. The zero-order chi connectivity index (χ0) is 14.5. The summed E-state index contributed by atoms with van der Waals surface area (Å²) in [4.78, 5) is 15.1. The van der Waals surface area contributed by atoms with Crippen molar-refractivity contribution in [2.24, 2.45) is 0 Å². The molecule has 1 aromatic heterocycles. The first kappa shape index (κ1) is 13.8. The molecule has 2 rings (SSSR count). The van der Waals surface area contributed by atoms with Gasteiger partial charge >= 0.3 is 0 Å². The Kier molecular flexibility index (Phi) is 4.14. The number of carbonyl (C=O) groups excluding carboxylic acids is 1. The van der Waals surface area contributed by atoms with Crippen LogP contribution < -0.4 is 14.8 Å². The van der Waals surface area contributed by atoms with E-state index in [9.17, 15) is 9.90 Å². The van der Waals surface area contributed by atoms with Gasteiger partial charge in [0, 0.05) is 24.0 Å². The molecule has 3 N–H and O–H groups in total. The van der Waals surface area contributed by atoms with Gasteiger partial charge in [-0.05, 0) is 12.1 Å². The molecule has 2 aromatic rings. The molecule has 1 amide bonds. The number of benzene rings is 1. The van der Waals surface area contributed by atoms with Gasteiger partial charge in [0.05, 0.1) is 20.8 Å². The number of H-pyrrole nitrogens is 1. The lowest BCUT2D eigenvalue weighted by Crippen LogP contribution is -2.23. The average molecular weight is 276 g/mol. The van der Waals surface area contributed by atoms with Crippen molar-refractivity contribution in [3.8, 4) is 17.2 Å². The van der Waals surface area contributed by atoms with Gasteiger partial charge in [-0.25, -0.2) is 0 Å². The van der Waals surface area contributed by atoms with Crippen molar-refractivity contribution in [2.45, 2.75) is 6.54 Å². The van der Waals surface area contributed by atoms with Crippen molar-refractivity contribution in [3.63, 3.8) is 0 Å². The summed E-state index contributed by atoms with van der Waals surface area (Å²) < 4.78 is 10.1. The molecule has 0 unspecified atom stereocenters. The molecule has 0 bridgehead atoms. The molecular formula is C14H16N2O4. The van der Waals surface area contributed by atoms with E-state index in [-0.39, 0.29) is 17.1 Å². The van der Waals surface area contributed by atoms with Crippen molar-refractivity contribution in [1.82, 2.24) is 10.3 Å².